The number of nitrogens with zero attached hydrogens (tertiary/aromatic N) is 3. The Hall–Kier alpha value is -2.72. The molecule has 3 aromatic rings. The molecule has 4 heteroatoms. The van der Waals surface area contributed by atoms with Crippen molar-refractivity contribution in [2.24, 2.45) is 0 Å². The quantitative estimate of drug-likeness (QED) is 0.732. The Balaban J connectivity index is 1.51. The molecule has 0 amide bonds. The molecule has 2 N–H and O–H groups in total. The number of fused-ring (bicyclic) bond motifs is 1. The number of hydrogen-bond acceptors (Lipinski definition) is 4. The minimum atomic E-state index is 0.758. The van der Waals surface area contributed by atoms with E-state index in [0.717, 1.165) is 43.1 Å². The second-order valence-corrected chi connectivity index (χ2v) is 7.18. The zero-order valence-electron chi connectivity index (χ0n) is 15.4. The Morgan fingerprint density at radius 2 is 1.88 bits per heavy atom. The van der Waals surface area contributed by atoms with Crippen LogP contribution in [0.5, 0.6) is 0 Å². The molecular weight excluding hydrogens is 320 g/mol. The van der Waals surface area contributed by atoms with Gasteiger partial charge in [0.05, 0.1) is 5.69 Å². The molecule has 1 aliphatic rings. The number of rotatable bonds is 3. The highest BCUT2D eigenvalue weighted by molar-refractivity contribution is 5.58. The Bertz CT molecular complexity index is 931. The number of nitrogen functional groups attached to an aromatic ring is 1. The molecule has 1 aromatic heterocycles. The van der Waals surface area contributed by atoms with Gasteiger partial charge < -0.3 is 5.73 Å². The first-order valence-electron chi connectivity index (χ1n) is 9.08. The molecule has 26 heavy (non-hydrogen) atoms. The van der Waals surface area contributed by atoms with Gasteiger partial charge in [-0.2, -0.15) is 0 Å². The van der Waals surface area contributed by atoms with E-state index in [1.807, 2.05) is 30.5 Å². The van der Waals surface area contributed by atoms with Crippen LogP contribution in [0.15, 0.2) is 48.7 Å². The summed E-state index contributed by atoms with van der Waals surface area (Å²) in [5.41, 5.74) is 14.0. The van der Waals surface area contributed by atoms with Crippen molar-refractivity contribution in [1.29, 1.82) is 0 Å². The van der Waals surface area contributed by atoms with Gasteiger partial charge >= 0.3 is 0 Å². The van der Waals surface area contributed by atoms with Gasteiger partial charge in [0.2, 0.25) is 0 Å². The summed E-state index contributed by atoms with van der Waals surface area (Å²) in [7, 11) is 0. The van der Waals surface area contributed by atoms with Crippen molar-refractivity contribution in [3.05, 3.63) is 76.6 Å². The SMILES string of the molecule is Cc1ccc(CN2CCc3nc(-c4ccc(N)cc4)ncc3C2)c(C)c1. The lowest BCUT2D eigenvalue weighted by Gasteiger charge is -2.28. The topological polar surface area (TPSA) is 55.0 Å². The Kier molecular flexibility index (Phi) is 4.43. The van der Waals surface area contributed by atoms with E-state index in [1.165, 1.54) is 27.9 Å². The van der Waals surface area contributed by atoms with Gasteiger partial charge in [-0.15, -0.1) is 0 Å². The van der Waals surface area contributed by atoms with E-state index in [2.05, 4.69) is 41.9 Å². The number of benzene rings is 2. The average Bonchev–Trinajstić information content (AvgIpc) is 2.64. The van der Waals surface area contributed by atoms with Gasteiger partial charge in [0.25, 0.3) is 0 Å². The second kappa shape index (κ2) is 6.89. The zero-order chi connectivity index (χ0) is 18.1. The summed E-state index contributed by atoms with van der Waals surface area (Å²) in [6.45, 7) is 7.25. The number of aromatic nitrogens is 2. The lowest BCUT2D eigenvalue weighted by Crippen LogP contribution is -2.31. The highest BCUT2D eigenvalue weighted by atomic mass is 15.1. The van der Waals surface area contributed by atoms with Crippen molar-refractivity contribution in [3.8, 4) is 11.4 Å². The number of anilines is 1. The molecular formula is C22H24N4. The summed E-state index contributed by atoms with van der Waals surface area (Å²) in [6, 6.07) is 14.4. The van der Waals surface area contributed by atoms with Gasteiger partial charge in [-0.3, -0.25) is 4.90 Å². The monoisotopic (exact) mass is 344 g/mol. The minimum absolute atomic E-state index is 0.758. The fourth-order valence-corrected chi connectivity index (χ4v) is 3.54. The number of aryl methyl sites for hydroxylation is 2. The van der Waals surface area contributed by atoms with Crippen LogP contribution in [0.3, 0.4) is 0 Å². The maximum Gasteiger partial charge on any atom is 0.159 e. The third-order valence-corrected chi connectivity index (χ3v) is 5.07. The second-order valence-electron chi connectivity index (χ2n) is 7.18. The van der Waals surface area contributed by atoms with Crippen molar-refractivity contribution in [1.82, 2.24) is 14.9 Å². The van der Waals surface area contributed by atoms with Crippen molar-refractivity contribution >= 4 is 5.69 Å². The van der Waals surface area contributed by atoms with Crippen LogP contribution in [0.2, 0.25) is 0 Å². The molecule has 0 aliphatic carbocycles. The summed E-state index contributed by atoms with van der Waals surface area (Å²) >= 11 is 0. The minimum Gasteiger partial charge on any atom is -0.399 e. The largest absolute Gasteiger partial charge is 0.399 e. The molecule has 0 spiro atoms. The smallest absolute Gasteiger partial charge is 0.159 e. The Morgan fingerprint density at radius 3 is 2.65 bits per heavy atom. The van der Waals surface area contributed by atoms with E-state index in [4.69, 9.17) is 10.7 Å². The van der Waals surface area contributed by atoms with Crippen molar-refractivity contribution < 1.29 is 0 Å². The van der Waals surface area contributed by atoms with Gasteiger partial charge in [0.15, 0.2) is 5.82 Å². The van der Waals surface area contributed by atoms with Crippen LogP contribution in [0, 0.1) is 13.8 Å². The van der Waals surface area contributed by atoms with Crippen molar-refractivity contribution in [2.75, 3.05) is 12.3 Å². The van der Waals surface area contributed by atoms with Crippen LogP contribution in [-0.2, 0) is 19.5 Å². The lowest BCUT2D eigenvalue weighted by molar-refractivity contribution is 0.242. The molecule has 2 heterocycles. The zero-order valence-corrected chi connectivity index (χ0v) is 15.4. The predicted octanol–water partition coefficient (Wildman–Crippen LogP) is 3.90. The molecule has 4 rings (SSSR count). The van der Waals surface area contributed by atoms with E-state index in [1.54, 1.807) is 0 Å². The molecule has 2 aromatic carbocycles. The molecule has 132 valence electrons. The Morgan fingerprint density at radius 1 is 1.08 bits per heavy atom. The average molecular weight is 344 g/mol. The normalized spacial score (nSPS) is 14.2. The van der Waals surface area contributed by atoms with Crippen LogP contribution >= 0.6 is 0 Å². The van der Waals surface area contributed by atoms with E-state index in [0.29, 0.717) is 0 Å². The van der Waals surface area contributed by atoms with Gasteiger partial charge in [-0.05, 0) is 49.2 Å². The van der Waals surface area contributed by atoms with E-state index >= 15 is 0 Å². The highest BCUT2D eigenvalue weighted by Gasteiger charge is 2.19. The first kappa shape index (κ1) is 16.7. The van der Waals surface area contributed by atoms with Gasteiger partial charge in [0.1, 0.15) is 0 Å². The van der Waals surface area contributed by atoms with Crippen molar-refractivity contribution in [2.45, 2.75) is 33.4 Å². The van der Waals surface area contributed by atoms with E-state index < -0.39 is 0 Å². The molecule has 0 bridgehead atoms. The number of nitrogens with two attached hydrogens (primary N) is 1. The molecule has 4 nitrogen and oxygen atoms in total. The molecule has 0 atom stereocenters. The first-order chi connectivity index (χ1) is 12.6. The van der Waals surface area contributed by atoms with Crippen LogP contribution < -0.4 is 5.73 Å². The molecule has 0 fully saturated rings. The first-order valence-corrected chi connectivity index (χ1v) is 9.08. The summed E-state index contributed by atoms with van der Waals surface area (Å²) in [4.78, 5) is 11.9. The summed E-state index contributed by atoms with van der Waals surface area (Å²) in [6.07, 6.45) is 2.95. The summed E-state index contributed by atoms with van der Waals surface area (Å²) in [5.74, 6) is 0.784. The molecule has 0 saturated carbocycles. The van der Waals surface area contributed by atoms with Crippen LogP contribution in [-0.4, -0.2) is 21.4 Å². The molecule has 1 aliphatic heterocycles. The van der Waals surface area contributed by atoms with E-state index in [9.17, 15) is 0 Å². The Labute approximate surface area is 154 Å². The fraction of sp³-hybridized carbons (Fsp3) is 0.273. The van der Waals surface area contributed by atoms with Gasteiger partial charge in [-0.25, -0.2) is 9.97 Å². The highest BCUT2D eigenvalue weighted by Crippen LogP contribution is 2.23. The lowest BCUT2D eigenvalue weighted by atomic mass is 10.0. The third-order valence-electron chi connectivity index (χ3n) is 5.07. The predicted molar refractivity (Wildman–Crippen MR) is 106 cm³/mol. The molecule has 0 saturated heterocycles. The van der Waals surface area contributed by atoms with Crippen LogP contribution in [0.1, 0.15) is 27.9 Å². The van der Waals surface area contributed by atoms with E-state index in [-0.39, 0.29) is 0 Å². The standard InChI is InChI=1S/C22H24N4/c1-15-3-4-18(16(2)11-15)13-26-10-9-21-19(14-26)12-24-22(25-21)17-5-7-20(23)8-6-17/h3-8,11-12H,9-10,13-14,23H2,1-2H3. The van der Waals surface area contributed by atoms with Gasteiger partial charge in [0, 0.05) is 49.1 Å². The summed E-state index contributed by atoms with van der Waals surface area (Å²) < 4.78 is 0. The maximum absolute atomic E-state index is 5.77. The van der Waals surface area contributed by atoms with Crippen molar-refractivity contribution in [3.63, 3.8) is 0 Å². The third kappa shape index (κ3) is 3.46. The number of hydrogen-bond donors (Lipinski definition) is 1. The summed E-state index contributed by atoms with van der Waals surface area (Å²) in [5, 5.41) is 0. The van der Waals surface area contributed by atoms with Gasteiger partial charge in [-0.1, -0.05) is 23.8 Å². The maximum atomic E-state index is 5.77. The van der Waals surface area contributed by atoms with Crippen LogP contribution in [0.4, 0.5) is 5.69 Å². The molecule has 0 radical (unpaired) electrons. The van der Waals surface area contributed by atoms with Crippen LogP contribution in [0.25, 0.3) is 11.4 Å². The fourth-order valence-electron chi connectivity index (χ4n) is 3.54. The molecule has 0 unspecified atom stereocenters.